The molecular weight excluding hydrogens is 230 g/mol. The lowest BCUT2D eigenvalue weighted by molar-refractivity contribution is -0.120. The summed E-state index contributed by atoms with van der Waals surface area (Å²) in [5.74, 6) is 0.912. The first-order valence-electron chi connectivity index (χ1n) is 4.71. The number of amides is 1. The lowest BCUT2D eigenvalue weighted by atomic mass is 10.1. The van der Waals surface area contributed by atoms with E-state index in [1.165, 1.54) is 14.2 Å². The molecule has 0 radical (unpaired) electrons. The fourth-order valence-corrected chi connectivity index (χ4v) is 1.59. The number of likely N-dealkylation sites (N-methyl/N-ethyl adjacent to an activating group) is 1. The number of halogens is 1. The fourth-order valence-electron chi connectivity index (χ4n) is 1.30. The Morgan fingerprint density at radius 3 is 2.56 bits per heavy atom. The molecule has 88 valence electrons. The Morgan fingerprint density at radius 1 is 1.38 bits per heavy atom. The van der Waals surface area contributed by atoms with Crippen LogP contribution in [0.3, 0.4) is 0 Å². The summed E-state index contributed by atoms with van der Waals surface area (Å²) in [6.45, 7) is 0. The van der Waals surface area contributed by atoms with Crippen LogP contribution in [0.1, 0.15) is 10.9 Å². The van der Waals surface area contributed by atoms with E-state index < -0.39 is 5.38 Å². The molecule has 1 rings (SSSR count). The number of benzene rings is 1. The lowest BCUT2D eigenvalue weighted by Crippen LogP contribution is -2.22. The third-order valence-electron chi connectivity index (χ3n) is 2.19. The first-order valence-corrected chi connectivity index (χ1v) is 5.15. The number of rotatable bonds is 4. The number of carbonyl (C=O) groups is 1. The predicted molar refractivity (Wildman–Crippen MR) is 62.2 cm³/mol. The van der Waals surface area contributed by atoms with E-state index in [2.05, 4.69) is 5.32 Å². The summed E-state index contributed by atoms with van der Waals surface area (Å²) in [5.41, 5.74) is 0.615. The van der Waals surface area contributed by atoms with E-state index in [4.69, 9.17) is 21.1 Å². The Kier molecular flexibility index (Phi) is 4.43. The lowest BCUT2D eigenvalue weighted by Gasteiger charge is -2.13. The smallest absolute Gasteiger partial charge is 0.242 e. The van der Waals surface area contributed by atoms with Crippen LogP contribution in [0.4, 0.5) is 0 Å². The Bertz CT molecular complexity index is 381. The number of alkyl halides is 1. The quantitative estimate of drug-likeness (QED) is 0.820. The van der Waals surface area contributed by atoms with Crippen LogP contribution >= 0.6 is 11.6 Å². The predicted octanol–water partition coefficient (Wildman–Crippen LogP) is 1.73. The molecule has 1 aromatic carbocycles. The van der Waals surface area contributed by atoms with Crippen LogP contribution in [-0.4, -0.2) is 27.2 Å². The molecule has 1 N–H and O–H groups in total. The summed E-state index contributed by atoms with van der Waals surface area (Å²) in [6, 6.07) is 5.13. The van der Waals surface area contributed by atoms with Crippen LogP contribution in [0.15, 0.2) is 18.2 Å². The van der Waals surface area contributed by atoms with Gasteiger partial charge in [0.25, 0.3) is 0 Å². The van der Waals surface area contributed by atoms with Crippen LogP contribution < -0.4 is 14.8 Å². The van der Waals surface area contributed by atoms with Gasteiger partial charge in [-0.2, -0.15) is 0 Å². The van der Waals surface area contributed by atoms with E-state index in [0.717, 1.165) is 0 Å². The molecule has 16 heavy (non-hydrogen) atoms. The number of methoxy groups -OCH3 is 2. The summed E-state index contributed by atoms with van der Waals surface area (Å²) < 4.78 is 10.2. The Labute approximate surface area is 99.5 Å². The molecule has 1 aromatic rings. The zero-order valence-corrected chi connectivity index (χ0v) is 10.2. The van der Waals surface area contributed by atoms with Gasteiger partial charge in [-0.3, -0.25) is 4.79 Å². The molecule has 5 heteroatoms. The SMILES string of the molecule is CNC(=O)C(Cl)c1ccc(OC)cc1OC. The van der Waals surface area contributed by atoms with Crippen LogP contribution in [0.25, 0.3) is 0 Å². The van der Waals surface area contributed by atoms with Crippen molar-refractivity contribution in [2.24, 2.45) is 0 Å². The molecule has 0 bridgehead atoms. The normalized spacial score (nSPS) is 11.8. The molecular formula is C11H14ClNO3. The minimum atomic E-state index is -0.772. The second-order valence-corrected chi connectivity index (χ2v) is 3.52. The highest BCUT2D eigenvalue weighted by Crippen LogP contribution is 2.32. The van der Waals surface area contributed by atoms with Crippen LogP contribution in [0, 0.1) is 0 Å². The van der Waals surface area contributed by atoms with Gasteiger partial charge in [-0.1, -0.05) is 0 Å². The molecule has 0 aliphatic heterocycles. The average Bonchev–Trinajstić information content (AvgIpc) is 2.35. The molecule has 0 aliphatic carbocycles. The van der Waals surface area contributed by atoms with Gasteiger partial charge in [0.05, 0.1) is 14.2 Å². The highest BCUT2D eigenvalue weighted by atomic mass is 35.5. The zero-order chi connectivity index (χ0) is 12.1. The molecule has 0 aromatic heterocycles. The zero-order valence-electron chi connectivity index (χ0n) is 9.41. The standard InChI is InChI=1S/C11H14ClNO3/c1-13-11(14)10(12)8-5-4-7(15-2)6-9(8)16-3/h4-6,10H,1-3H3,(H,13,14). The summed E-state index contributed by atoms with van der Waals surface area (Å²) in [6.07, 6.45) is 0. The molecule has 0 saturated carbocycles. The summed E-state index contributed by atoms with van der Waals surface area (Å²) >= 11 is 6.00. The third kappa shape index (κ3) is 2.58. The molecule has 0 saturated heterocycles. The molecule has 0 aliphatic rings. The Hall–Kier alpha value is -1.42. The molecule has 4 nitrogen and oxygen atoms in total. The first kappa shape index (κ1) is 12.6. The molecule has 1 amide bonds. The second kappa shape index (κ2) is 5.61. The van der Waals surface area contributed by atoms with Gasteiger partial charge in [-0.05, 0) is 12.1 Å². The van der Waals surface area contributed by atoms with Crippen molar-refractivity contribution in [3.05, 3.63) is 23.8 Å². The number of hydrogen-bond acceptors (Lipinski definition) is 3. The van der Waals surface area contributed by atoms with Gasteiger partial charge in [0.15, 0.2) is 0 Å². The van der Waals surface area contributed by atoms with E-state index >= 15 is 0 Å². The van der Waals surface area contributed by atoms with Crippen molar-refractivity contribution in [1.29, 1.82) is 0 Å². The molecule has 1 unspecified atom stereocenters. The van der Waals surface area contributed by atoms with Gasteiger partial charge in [0.1, 0.15) is 16.9 Å². The summed E-state index contributed by atoms with van der Waals surface area (Å²) in [4.78, 5) is 11.4. The monoisotopic (exact) mass is 243 g/mol. The van der Waals surface area contributed by atoms with Gasteiger partial charge in [0, 0.05) is 18.7 Å². The average molecular weight is 244 g/mol. The van der Waals surface area contributed by atoms with Gasteiger partial charge < -0.3 is 14.8 Å². The van der Waals surface area contributed by atoms with Gasteiger partial charge in [-0.15, -0.1) is 11.6 Å². The van der Waals surface area contributed by atoms with E-state index in [1.807, 2.05) is 0 Å². The Morgan fingerprint density at radius 2 is 2.06 bits per heavy atom. The first-order chi connectivity index (χ1) is 7.63. The van der Waals surface area contributed by atoms with Crippen LogP contribution in [0.5, 0.6) is 11.5 Å². The molecule has 0 heterocycles. The minimum absolute atomic E-state index is 0.273. The highest BCUT2D eigenvalue weighted by molar-refractivity contribution is 6.31. The van der Waals surface area contributed by atoms with Crippen molar-refractivity contribution in [3.8, 4) is 11.5 Å². The minimum Gasteiger partial charge on any atom is -0.497 e. The van der Waals surface area contributed by atoms with Crippen molar-refractivity contribution >= 4 is 17.5 Å². The maximum Gasteiger partial charge on any atom is 0.242 e. The van der Waals surface area contributed by atoms with E-state index in [0.29, 0.717) is 17.1 Å². The van der Waals surface area contributed by atoms with Crippen molar-refractivity contribution in [2.75, 3.05) is 21.3 Å². The van der Waals surface area contributed by atoms with E-state index in [9.17, 15) is 4.79 Å². The maximum absolute atomic E-state index is 11.4. The topological polar surface area (TPSA) is 47.6 Å². The highest BCUT2D eigenvalue weighted by Gasteiger charge is 2.20. The van der Waals surface area contributed by atoms with Crippen LogP contribution in [-0.2, 0) is 4.79 Å². The molecule has 1 atom stereocenters. The van der Waals surface area contributed by atoms with Crippen molar-refractivity contribution < 1.29 is 14.3 Å². The third-order valence-corrected chi connectivity index (χ3v) is 2.62. The number of nitrogens with one attached hydrogen (secondary N) is 1. The van der Waals surface area contributed by atoms with Gasteiger partial charge in [0.2, 0.25) is 5.91 Å². The van der Waals surface area contributed by atoms with Gasteiger partial charge >= 0.3 is 0 Å². The number of ether oxygens (including phenoxy) is 2. The molecule has 0 fully saturated rings. The molecule has 0 spiro atoms. The number of carbonyl (C=O) groups excluding carboxylic acids is 1. The summed E-state index contributed by atoms with van der Waals surface area (Å²) in [5, 5.41) is 1.71. The Balaban J connectivity index is 3.08. The van der Waals surface area contributed by atoms with Crippen molar-refractivity contribution in [3.63, 3.8) is 0 Å². The van der Waals surface area contributed by atoms with Crippen molar-refractivity contribution in [2.45, 2.75) is 5.38 Å². The maximum atomic E-state index is 11.4. The van der Waals surface area contributed by atoms with Crippen LogP contribution in [0.2, 0.25) is 0 Å². The fraction of sp³-hybridized carbons (Fsp3) is 0.364. The van der Waals surface area contributed by atoms with E-state index in [1.54, 1.807) is 25.3 Å². The van der Waals surface area contributed by atoms with Crippen molar-refractivity contribution in [1.82, 2.24) is 5.32 Å². The van der Waals surface area contributed by atoms with E-state index in [-0.39, 0.29) is 5.91 Å². The van der Waals surface area contributed by atoms with Gasteiger partial charge in [-0.25, -0.2) is 0 Å². The summed E-state index contributed by atoms with van der Waals surface area (Å²) in [7, 11) is 4.62. The largest absolute Gasteiger partial charge is 0.497 e. The second-order valence-electron chi connectivity index (χ2n) is 3.08. The number of hydrogen-bond donors (Lipinski definition) is 1.